The molecule has 2 nitrogen and oxygen atoms in total. The van der Waals surface area contributed by atoms with Crippen LogP contribution in [0.3, 0.4) is 0 Å². The molecule has 0 fully saturated rings. The van der Waals surface area contributed by atoms with Crippen molar-refractivity contribution in [3.63, 3.8) is 0 Å². The normalized spacial score (nSPS) is 13.5. The summed E-state index contributed by atoms with van der Waals surface area (Å²) >= 11 is 3.59. The summed E-state index contributed by atoms with van der Waals surface area (Å²) in [5, 5.41) is 8.72. The predicted octanol–water partition coefficient (Wildman–Crippen LogP) is 34.1. The van der Waals surface area contributed by atoms with Crippen LogP contribution < -0.4 is 10.2 Å². The third kappa shape index (κ3) is 13.4. The minimum Gasteiger partial charge on any atom is -0.356 e. The second-order valence-electron chi connectivity index (χ2n) is 35.7. The predicted molar refractivity (Wildman–Crippen MR) is 567 cm³/mol. The van der Waals surface area contributed by atoms with Crippen molar-refractivity contribution in [2.75, 3.05) is 10.2 Å². The number of para-hydroxylation sites is 2. The number of benzene rings is 22. The van der Waals surface area contributed by atoms with E-state index in [-0.39, 0.29) is 5.41 Å². The first-order chi connectivity index (χ1) is 66.9. The largest absolute Gasteiger partial charge is 0.356 e. The highest BCUT2D eigenvalue weighted by Crippen LogP contribution is 2.63. The minimum absolute atomic E-state index is 0.358. The van der Waals surface area contributed by atoms with Crippen molar-refractivity contribution in [2.24, 2.45) is 0 Å². The Balaban J connectivity index is 0.000000123. The molecule has 0 aliphatic heterocycles. The first-order valence-electron chi connectivity index (χ1n) is 46.7. The molecule has 0 heterocycles. The lowest BCUT2D eigenvalue weighted by molar-refractivity contribution is 0.768. The smallest absolute Gasteiger partial charge is 0.0714 e. The molecular weight excluding hydrogens is 1690 g/mol. The Hall–Kier alpha value is -16.6. The molecule has 3 heteroatoms. The van der Waals surface area contributed by atoms with Gasteiger partial charge in [0, 0.05) is 32.9 Å². The van der Waals surface area contributed by atoms with E-state index in [1.54, 1.807) is 0 Å². The zero-order chi connectivity index (χ0) is 89.9. The van der Waals surface area contributed by atoms with Gasteiger partial charge in [0.05, 0.1) is 21.7 Å². The average Bonchev–Trinajstić information content (AvgIpc) is 1.54. The number of anilines is 5. The summed E-state index contributed by atoms with van der Waals surface area (Å²) < 4.78 is 1.09. The summed E-state index contributed by atoms with van der Waals surface area (Å²) in [6, 6.07) is 200. The lowest BCUT2D eigenvalue weighted by atomic mass is 9.67. The fourth-order valence-electron chi connectivity index (χ4n) is 23.1. The Labute approximate surface area is 798 Å². The molecule has 636 valence electrons. The molecule has 26 rings (SSSR count). The van der Waals surface area contributed by atoms with Crippen LogP contribution in [0.15, 0.2) is 550 Å². The van der Waals surface area contributed by atoms with Crippen LogP contribution in [0.4, 0.5) is 28.4 Å². The number of fused-ring (bicyclic) bond motifs is 16. The summed E-state index contributed by atoms with van der Waals surface area (Å²) in [4.78, 5) is 2.41. The highest BCUT2D eigenvalue weighted by molar-refractivity contribution is 9.10. The molecule has 0 atom stereocenters. The number of nitrogens with one attached hydrogen (secondary N) is 1. The van der Waals surface area contributed by atoms with Gasteiger partial charge in [-0.25, -0.2) is 0 Å². The van der Waals surface area contributed by atoms with E-state index < -0.39 is 16.2 Å². The van der Waals surface area contributed by atoms with Gasteiger partial charge in [-0.3, -0.25) is 0 Å². The van der Waals surface area contributed by atoms with E-state index in [0.29, 0.717) is 0 Å². The number of rotatable bonds is 15. The molecule has 0 radical (unpaired) electrons. The standard InChI is InChI=1S/C66H45N.C35H23Br.C31H23N/c1-6-21-49(22-7-1)65(50-23-8-2-9-24-50)60-33-19-18-32-57(60)58-42-40-55(45-63(58)65)67(53-29-14-5-15-30-53)54-38-34-46(35-39-54)48-36-41-59-62(44-48)66(51-25-10-3-11-26-51,52-27-12-4-13-28-52)61-43-37-47-20-16-17-31-56(47)64(59)61;36-29-19-15-24(16-20-29)26-17-21-31-33(23-26)35(27-10-3-1-4-11-27,28-12-5-2-6-13-28)32-22-18-25-9-7-8-14-30(25)34(31)32;1-4-12-23(13-5-1)31(24-14-6-2-7-15-24)29-19-11-10-18-27(29)28-21-20-26(22-30(28)31)32-25-16-8-3-9-17-25/h1-45H;1-23H;1-22,32H. The van der Waals surface area contributed by atoms with Crippen LogP contribution in [-0.2, 0) is 21.7 Å². The number of halogens is 1. The highest BCUT2D eigenvalue weighted by atomic mass is 79.9. The van der Waals surface area contributed by atoms with Crippen LogP contribution in [0.5, 0.6) is 0 Å². The SMILES string of the molecule is Brc1ccc(-c2ccc3c(c2)C(c2ccccc2)(c2ccccc2)c2ccc4ccccc4c2-3)cc1.c1ccc(N(c2ccc(-c3ccc4c(c3)C(c3ccccc3)(c3ccccc3)c3ccc5ccccc5c3-4)cc2)c2ccc3c(c2)C(c2ccccc2)(c2ccccc2)c2ccccc2-3)cc1.c1ccc(Nc2ccc3c(c2)C(c2ccccc2)(c2ccccc2)c2ccccc2-3)cc1. The summed E-state index contributed by atoms with van der Waals surface area (Å²) in [5.74, 6) is 0. The maximum atomic E-state index is 3.60. The zero-order valence-electron chi connectivity index (χ0n) is 74.3. The molecule has 1 N–H and O–H groups in total. The van der Waals surface area contributed by atoms with E-state index in [2.05, 4.69) is 566 Å². The highest BCUT2D eigenvalue weighted by Gasteiger charge is 2.51. The molecule has 0 bridgehead atoms. The third-order valence-corrected chi connectivity index (χ3v) is 29.3. The van der Waals surface area contributed by atoms with Crippen molar-refractivity contribution in [3.8, 4) is 66.8 Å². The van der Waals surface area contributed by atoms with Gasteiger partial charge in [-0.05, 0) is 262 Å². The van der Waals surface area contributed by atoms with E-state index in [1.165, 1.54) is 177 Å². The maximum absolute atomic E-state index is 3.60. The fraction of sp³-hybridized carbons (Fsp3) is 0.0303. The summed E-state index contributed by atoms with van der Waals surface area (Å²) in [7, 11) is 0. The van der Waals surface area contributed by atoms with E-state index in [4.69, 9.17) is 0 Å². The molecular formula is C132H91BrN2. The molecule has 22 aromatic rings. The average molecular weight is 1790 g/mol. The molecule has 22 aromatic carbocycles. The van der Waals surface area contributed by atoms with Crippen LogP contribution >= 0.6 is 15.9 Å². The third-order valence-electron chi connectivity index (χ3n) is 28.8. The molecule has 0 saturated heterocycles. The minimum atomic E-state index is -0.501. The van der Waals surface area contributed by atoms with Crippen molar-refractivity contribution >= 4 is 65.9 Å². The van der Waals surface area contributed by atoms with Crippen LogP contribution in [-0.4, -0.2) is 0 Å². The lowest BCUT2D eigenvalue weighted by Crippen LogP contribution is -2.28. The fourth-order valence-corrected chi connectivity index (χ4v) is 23.4. The molecule has 0 unspecified atom stereocenters. The number of hydrogen-bond acceptors (Lipinski definition) is 2. The van der Waals surface area contributed by atoms with E-state index in [1.807, 2.05) is 6.07 Å². The van der Waals surface area contributed by atoms with Gasteiger partial charge in [0.1, 0.15) is 0 Å². The van der Waals surface area contributed by atoms with Gasteiger partial charge in [0.25, 0.3) is 0 Å². The van der Waals surface area contributed by atoms with Crippen LogP contribution in [0.25, 0.3) is 88.3 Å². The summed E-state index contributed by atoms with van der Waals surface area (Å²) in [6.45, 7) is 0. The second-order valence-corrected chi connectivity index (χ2v) is 36.6. The van der Waals surface area contributed by atoms with Crippen molar-refractivity contribution in [3.05, 3.63) is 639 Å². The van der Waals surface area contributed by atoms with Crippen molar-refractivity contribution in [1.82, 2.24) is 0 Å². The van der Waals surface area contributed by atoms with Gasteiger partial charge in [0.15, 0.2) is 0 Å². The molecule has 4 aliphatic carbocycles. The first-order valence-corrected chi connectivity index (χ1v) is 47.5. The number of hydrogen-bond donors (Lipinski definition) is 1. The topological polar surface area (TPSA) is 15.3 Å². The van der Waals surface area contributed by atoms with Crippen molar-refractivity contribution in [1.29, 1.82) is 0 Å². The van der Waals surface area contributed by atoms with Crippen molar-refractivity contribution in [2.45, 2.75) is 21.7 Å². The molecule has 135 heavy (non-hydrogen) atoms. The second kappa shape index (κ2) is 34.3. The van der Waals surface area contributed by atoms with Crippen LogP contribution in [0.1, 0.15) is 89.0 Å². The Kier molecular flexibility index (Phi) is 20.8. The van der Waals surface area contributed by atoms with Gasteiger partial charge >= 0.3 is 0 Å². The summed E-state index contributed by atoms with van der Waals surface area (Å²) in [5.41, 5.74) is 39.8. The van der Waals surface area contributed by atoms with Crippen LogP contribution in [0, 0.1) is 0 Å². The monoisotopic (exact) mass is 1780 g/mol. The number of nitrogens with zero attached hydrogens (tertiary/aromatic N) is 1. The lowest BCUT2D eigenvalue weighted by Gasteiger charge is -2.35. The molecule has 4 aliphatic rings. The quantitative estimate of drug-likeness (QED) is 0.110. The first kappa shape index (κ1) is 81.7. The molecule has 0 spiro atoms. The van der Waals surface area contributed by atoms with E-state index >= 15 is 0 Å². The van der Waals surface area contributed by atoms with Gasteiger partial charge in [-0.2, -0.15) is 0 Å². The van der Waals surface area contributed by atoms with Gasteiger partial charge in [-0.15, -0.1) is 0 Å². The molecule has 0 aromatic heterocycles. The van der Waals surface area contributed by atoms with Gasteiger partial charge in [0.2, 0.25) is 0 Å². The van der Waals surface area contributed by atoms with Gasteiger partial charge in [-0.1, -0.05) is 477 Å². The Morgan fingerprint density at radius 1 is 0.170 bits per heavy atom. The Morgan fingerprint density at radius 3 is 0.852 bits per heavy atom. The zero-order valence-corrected chi connectivity index (χ0v) is 75.9. The maximum Gasteiger partial charge on any atom is 0.0714 e. The summed E-state index contributed by atoms with van der Waals surface area (Å²) in [6.07, 6.45) is 0. The molecule has 0 amide bonds. The van der Waals surface area contributed by atoms with E-state index in [0.717, 1.165) is 32.9 Å². The molecule has 0 saturated carbocycles. The Morgan fingerprint density at radius 2 is 0.452 bits per heavy atom. The van der Waals surface area contributed by atoms with Crippen LogP contribution in [0.2, 0.25) is 0 Å². The van der Waals surface area contributed by atoms with E-state index in [9.17, 15) is 0 Å². The van der Waals surface area contributed by atoms with Crippen molar-refractivity contribution < 1.29 is 0 Å². The Bertz CT molecular complexity index is 7980. The van der Waals surface area contributed by atoms with Gasteiger partial charge < -0.3 is 10.2 Å².